The fraction of sp³-hybridized carbons (Fsp3) is 0.333. The zero-order chi connectivity index (χ0) is 20.6. The van der Waals surface area contributed by atoms with Gasteiger partial charge in [0.25, 0.3) is 0 Å². The lowest BCUT2D eigenvalue weighted by molar-refractivity contribution is -0.137. The molecule has 29 heavy (non-hydrogen) atoms. The largest absolute Gasteiger partial charge is 0.416 e. The fourth-order valence-corrected chi connectivity index (χ4v) is 6.06. The number of hydrogen-bond acceptors (Lipinski definition) is 3. The molecule has 5 rings (SSSR count). The van der Waals surface area contributed by atoms with E-state index in [0.717, 1.165) is 47.9 Å². The Morgan fingerprint density at radius 2 is 1.83 bits per heavy atom. The normalized spacial score (nSPS) is 21.5. The maximum atomic E-state index is 13.1. The standard InChI is InChI=1S/C21H19F3N2O2S/c1-26-18-8-6-15(11-16(18)20-17-7-5-13(25-17)10-19(20)26)29(27,28)14-4-2-3-12(9-14)21(22,23)24/h2-4,6,8-9,11,13,17,25H,5,7,10H2,1H3/t13-,17+/m0/s1. The van der Waals surface area contributed by atoms with Crippen LogP contribution in [-0.4, -0.2) is 19.0 Å². The van der Waals surface area contributed by atoms with Gasteiger partial charge in [0, 0.05) is 42.1 Å². The monoisotopic (exact) mass is 420 g/mol. The summed E-state index contributed by atoms with van der Waals surface area (Å²) in [5.74, 6) is 0. The Morgan fingerprint density at radius 3 is 2.59 bits per heavy atom. The maximum absolute atomic E-state index is 13.1. The van der Waals surface area contributed by atoms with Crippen LogP contribution in [-0.2, 0) is 29.5 Å². The van der Waals surface area contributed by atoms with Gasteiger partial charge in [-0.3, -0.25) is 0 Å². The lowest BCUT2D eigenvalue weighted by Crippen LogP contribution is -2.32. The van der Waals surface area contributed by atoms with E-state index in [0.29, 0.717) is 12.1 Å². The summed E-state index contributed by atoms with van der Waals surface area (Å²) in [6.07, 6.45) is -1.62. The number of nitrogens with one attached hydrogen (secondary N) is 1. The molecule has 1 aromatic heterocycles. The van der Waals surface area contributed by atoms with Crippen LogP contribution in [0, 0.1) is 0 Å². The second kappa shape index (κ2) is 6.09. The first kappa shape index (κ1) is 18.7. The quantitative estimate of drug-likeness (QED) is 0.670. The molecule has 152 valence electrons. The van der Waals surface area contributed by atoms with Crippen molar-refractivity contribution in [1.82, 2.24) is 9.88 Å². The van der Waals surface area contributed by atoms with Crippen molar-refractivity contribution in [2.24, 2.45) is 7.05 Å². The zero-order valence-electron chi connectivity index (χ0n) is 15.6. The molecule has 0 aliphatic carbocycles. The third kappa shape index (κ3) is 2.80. The number of fused-ring (bicyclic) bond motifs is 6. The molecule has 0 amide bonds. The molecule has 2 aliphatic rings. The predicted octanol–water partition coefficient (Wildman–Crippen LogP) is 4.38. The van der Waals surface area contributed by atoms with Gasteiger partial charge in [0.1, 0.15) is 0 Å². The van der Waals surface area contributed by atoms with E-state index in [9.17, 15) is 21.6 Å². The molecule has 2 bridgehead atoms. The van der Waals surface area contributed by atoms with Gasteiger partial charge >= 0.3 is 6.18 Å². The maximum Gasteiger partial charge on any atom is 0.416 e. The van der Waals surface area contributed by atoms with Gasteiger partial charge in [-0.15, -0.1) is 0 Å². The molecule has 8 heteroatoms. The SMILES string of the molecule is Cn1c2c(c3cc(S(=O)(=O)c4cccc(C(F)(F)F)c4)ccc31)[C@H]1CC[C@@H](C2)N1. The molecule has 0 saturated carbocycles. The number of aromatic nitrogens is 1. The number of hydrogen-bond donors (Lipinski definition) is 1. The summed E-state index contributed by atoms with van der Waals surface area (Å²) in [4.78, 5) is -0.339. The number of alkyl halides is 3. The van der Waals surface area contributed by atoms with Crippen molar-refractivity contribution < 1.29 is 21.6 Å². The molecule has 0 unspecified atom stereocenters. The van der Waals surface area contributed by atoms with Gasteiger partial charge in [0.05, 0.1) is 15.4 Å². The van der Waals surface area contributed by atoms with Crippen molar-refractivity contribution in [2.75, 3.05) is 0 Å². The van der Waals surface area contributed by atoms with Gasteiger partial charge in [-0.25, -0.2) is 8.42 Å². The predicted molar refractivity (Wildman–Crippen MR) is 102 cm³/mol. The van der Waals surface area contributed by atoms with E-state index in [1.165, 1.54) is 17.8 Å². The van der Waals surface area contributed by atoms with Crippen molar-refractivity contribution >= 4 is 20.7 Å². The van der Waals surface area contributed by atoms with Gasteiger partial charge in [-0.05, 0) is 54.8 Å². The summed E-state index contributed by atoms with van der Waals surface area (Å²) in [6, 6.07) is 9.39. The van der Waals surface area contributed by atoms with Gasteiger partial charge < -0.3 is 9.88 Å². The van der Waals surface area contributed by atoms with Gasteiger partial charge in [-0.2, -0.15) is 13.2 Å². The number of nitrogens with zero attached hydrogens (tertiary/aromatic N) is 1. The lowest BCUT2D eigenvalue weighted by atomic mass is 9.99. The molecule has 2 aromatic carbocycles. The molecule has 4 nitrogen and oxygen atoms in total. The second-order valence-electron chi connectivity index (χ2n) is 7.83. The molecule has 0 spiro atoms. The van der Waals surface area contributed by atoms with E-state index in [4.69, 9.17) is 0 Å². The Hall–Kier alpha value is -2.32. The topological polar surface area (TPSA) is 51.1 Å². The first-order valence-corrected chi connectivity index (χ1v) is 10.9. The third-order valence-corrected chi connectivity index (χ3v) is 7.90. The summed E-state index contributed by atoms with van der Waals surface area (Å²) >= 11 is 0. The molecule has 1 saturated heterocycles. The highest BCUT2D eigenvalue weighted by atomic mass is 32.2. The van der Waals surface area contributed by atoms with Crippen LogP contribution in [0.1, 0.15) is 35.7 Å². The minimum atomic E-state index is -4.60. The number of sulfone groups is 1. The summed E-state index contributed by atoms with van der Waals surface area (Å²) in [5, 5.41) is 4.43. The van der Waals surface area contributed by atoms with Crippen molar-refractivity contribution in [3.63, 3.8) is 0 Å². The van der Waals surface area contributed by atoms with Crippen molar-refractivity contribution in [2.45, 2.75) is 47.3 Å². The number of benzene rings is 2. The Bertz CT molecular complexity index is 1240. The molecule has 0 radical (unpaired) electrons. The summed E-state index contributed by atoms with van der Waals surface area (Å²) < 4.78 is 67.4. The molecule has 3 aromatic rings. The third-order valence-electron chi connectivity index (χ3n) is 6.15. The van der Waals surface area contributed by atoms with Crippen LogP contribution in [0.25, 0.3) is 10.9 Å². The number of aryl methyl sites for hydroxylation is 1. The Balaban J connectivity index is 1.66. The number of halogens is 3. The first-order valence-electron chi connectivity index (χ1n) is 9.46. The molecular formula is C21H19F3N2O2S. The van der Waals surface area contributed by atoms with Crippen LogP contribution >= 0.6 is 0 Å². The van der Waals surface area contributed by atoms with E-state index in [1.54, 1.807) is 12.1 Å². The second-order valence-corrected chi connectivity index (χ2v) is 9.77. The van der Waals surface area contributed by atoms with Crippen LogP contribution in [0.5, 0.6) is 0 Å². The minimum Gasteiger partial charge on any atom is -0.347 e. The van der Waals surface area contributed by atoms with E-state index in [2.05, 4.69) is 9.88 Å². The van der Waals surface area contributed by atoms with E-state index in [-0.39, 0.29) is 15.8 Å². The number of rotatable bonds is 2. The van der Waals surface area contributed by atoms with E-state index < -0.39 is 21.6 Å². The molecule has 2 atom stereocenters. The Kier molecular flexibility index (Phi) is 3.93. The fourth-order valence-electron chi connectivity index (χ4n) is 4.72. The highest BCUT2D eigenvalue weighted by Crippen LogP contribution is 2.42. The first-order chi connectivity index (χ1) is 13.7. The Morgan fingerprint density at radius 1 is 1.07 bits per heavy atom. The van der Waals surface area contributed by atoms with Crippen molar-refractivity contribution in [3.05, 3.63) is 59.3 Å². The van der Waals surface area contributed by atoms with Crippen LogP contribution in [0.2, 0.25) is 0 Å². The van der Waals surface area contributed by atoms with E-state index in [1.807, 2.05) is 7.05 Å². The summed E-state index contributed by atoms with van der Waals surface area (Å²) in [5.41, 5.74) is 2.29. The summed E-state index contributed by atoms with van der Waals surface area (Å²) in [7, 11) is -2.09. The zero-order valence-corrected chi connectivity index (χ0v) is 16.4. The van der Waals surface area contributed by atoms with Crippen molar-refractivity contribution in [3.8, 4) is 0 Å². The minimum absolute atomic E-state index is 0.0119. The van der Waals surface area contributed by atoms with Gasteiger partial charge in [-0.1, -0.05) is 6.07 Å². The Labute approximate surface area is 166 Å². The molecule has 1 N–H and O–H groups in total. The average molecular weight is 420 g/mol. The van der Waals surface area contributed by atoms with Crippen LogP contribution < -0.4 is 5.32 Å². The van der Waals surface area contributed by atoms with Crippen LogP contribution in [0.3, 0.4) is 0 Å². The lowest BCUT2D eigenvalue weighted by Gasteiger charge is -2.23. The average Bonchev–Trinajstić information content (AvgIpc) is 3.20. The smallest absolute Gasteiger partial charge is 0.347 e. The van der Waals surface area contributed by atoms with Crippen molar-refractivity contribution in [1.29, 1.82) is 0 Å². The molecule has 3 heterocycles. The molecular weight excluding hydrogens is 401 g/mol. The van der Waals surface area contributed by atoms with E-state index >= 15 is 0 Å². The molecule has 1 fully saturated rings. The van der Waals surface area contributed by atoms with Crippen LogP contribution in [0.4, 0.5) is 13.2 Å². The highest BCUT2D eigenvalue weighted by molar-refractivity contribution is 7.91. The van der Waals surface area contributed by atoms with Crippen LogP contribution in [0.15, 0.2) is 52.3 Å². The van der Waals surface area contributed by atoms with Gasteiger partial charge in [0.15, 0.2) is 0 Å². The van der Waals surface area contributed by atoms with Gasteiger partial charge in [0.2, 0.25) is 9.84 Å². The summed E-state index contributed by atoms with van der Waals surface area (Å²) in [6.45, 7) is 0. The molecule has 2 aliphatic heterocycles. The highest BCUT2D eigenvalue weighted by Gasteiger charge is 2.36.